The molecule has 1 fully saturated rings. The standard InChI is InChI=1S/C15H22FNO/c1-3-17-11(2)13-5-4-6-14(16)15(13)18-10-9-12-7-8-12/h4-6,11-12,17H,3,7-10H2,1-2H3. The van der Waals surface area contributed by atoms with E-state index in [-0.39, 0.29) is 11.9 Å². The molecule has 1 aromatic rings. The lowest BCUT2D eigenvalue weighted by Crippen LogP contribution is -2.19. The van der Waals surface area contributed by atoms with Crippen molar-refractivity contribution in [2.45, 2.75) is 39.2 Å². The molecule has 0 heterocycles. The molecule has 0 spiro atoms. The van der Waals surface area contributed by atoms with E-state index >= 15 is 0 Å². The molecule has 0 aromatic heterocycles. The van der Waals surface area contributed by atoms with Crippen LogP contribution in [0.1, 0.15) is 44.7 Å². The van der Waals surface area contributed by atoms with Gasteiger partial charge in [0.15, 0.2) is 11.6 Å². The maximum atomic E-state index is 13.8. The highest BCUT2D eigenvalue weighted by Crippen LogP contribution is 2.33. The highest BCUT2D eigenvalue weighted by atomic mass is 19.1. The van der Waals surface area contributed by atoms with Gasteiger partial charge in [-0.1, -0.05) is 31.9 Å². The van der Waals surface area contributed by atoms with E-state index in [9.17, 15) is 4.39 Å². The first-order valence-electron chi connectivity index (χ1n) is 6.87. The molecule has 18 heavy (non-hydrogen) atoms. The van der Waals surface area contributed by atoms with Crippen LogP contribution in [0, 0.1) is 11.7 Å². The van der Waals surface area contributed by atoms with Gasteiger partial charge in [-0.3, -0.25) is 0 Å². The van der Waals surface area contributed by atoms with Crippen LogP contribution in [0.15, 0.2) is 18.2 Å². The summed E-state index contributed by atoms with van der Waals surface area (Å²) in [4.78, 5) is 0. The van der Waals surface area contributed by atoms with E-state index in [1.165, 1.54) is 18.9 Å². The van der Waals surface area contributed by atoms with Crippen molar-refractivity contribution in [2.24, 2.45) is 5.92 Å². The van der Waals surface area contributed by atoms with Gasteiger partial charge in [0.05, 0.1) is 6.61 Å². The van der Waals surface area contributed by atoms with Gasteiger partial charge in [0, 0.05) is 11.6 Å². The molecule has 0 aliphatic heterocycles. The topological polar surface area (TPSA) is 21.3 Å². The van der Waals surface area contributed by atoms with E-state index in [2.05, 4.69) is 5.32 Å². The molecule has 1 aromatic carbocycles. The molecule has 100 valence electrons. The van der Waals surface area contributed by atoms with E-state index in [1.54, 1.807) is 6.07 Å². The molecule has 0 amide bonds. The summed E-state index contributed by atoms with van der Waals surface area (Å²) in [7, 11) is 0. The number of ether oxygens (including phenoxy) is 1. The van der Waals surface area contributed by atoms with Crippen molar-refractivity contribution in [3.05, 3.63) is 29.6 Å². The van der Waals surface area contributed by atoms with Crippen LogP contribution in [0.2, 0.25) is 0 Å². The second-order valence-corrected chi connectivity index (χ2v) is 5.02. The maximum absolute atomic E-state index is 13.8. The zero-order valence-electron chi connectivity index (χ0n) is 11.2. The molecule has 1 aliphatic rings. The zero-order valence-corrected chi connectivity index (χ0v) is 11.2. The summed E-state index contributed by atoms with van der Waals surface area (Å²) >= 11 is 0. The lowest BCUT2D eigenvalue weighted by molar-refractivity contribution is 0.282. The monoisotopic (exact) mass is 251 g/mol. The summed E-state index contributed by atoms with van der Waals surface area (Å²) in [6.07, 6.45) is 3.66. The van der Waals surface area contributed by atoms with E-state index in [0.29, 0.717) is 12.4 Å². The van der Waals surface area contributed by atoms with Crippen LogP contribution in [-0.2, 0) is 0 Å². The zero-order chi connectivity index (χ0) is 13.0. The molecular formula is C15H22FNO. The number of para-hydroxylation sites is 1. The quantitative estimate of drug-likeness (QED) is 0.798. The minimum absolute atomic E-state index is 0.113. The molecule has 0 bridgehead atoms. The molecule has 2 rings (SSSR count). The summed E-state index contributed by atoms with van der Waals surface area (Å²) in [5.41, 5.74) is 0.910. The summed E-state index contributed by atoms with van der Waals surface area (Å²) in [6, 6.07) is 5.26. The molecule has 1 atom stereocenters. The van der Waals surface area contributed by atoms with E-state index in [1.807, 2.05) is 19.9 Å². The van der Waals surface area contributed by atoms with Crippen LogP contribution in [0.5, 0.6) is 5.75 Å². The van der Waals surface area contributed by atoms with Crippen molar-refractivity contribution >= 4 is 0 Å². The summed E-state index contributed by atoms with van der Waals surface area (Å²) in [5, 5.41) is 3.29. The Morgan fingerprint density at radius 1 is 1.44 bits per heavy atom. The van der Waals surface area contributed by atoms with Crippen molar-refractivity contribution in [2.75, 3.05) is 13.2 Å². The van der Waals surface area contributed by atoms with Crippen LogP contribution in [0.25, 0.3) is 0 Å². The van der Waals surface area contributed by atoms with Gasteiger partial charge in [-0.25, -0.2) is 4.39 Å². The fourth-order valence-electron chi connectivity index (χ4n) is 2.17. The number of rotatable bonds is 7. The van der Waals surface area contributed by atoms with Gasteiger partial charge >= 0.3 is 0 Å². The second-order valence-electron chi connectivity index (χ2n) is 5.02. The Hall–Kier alpha value is -1.09. The second kappa shape index (κ2) is 6.19. The third-order valence-electron chi connectivity index (χ3n) is 3.44. The van der Waals surface area contributed by atoms with Crippen LogP contribution >= 0.6 is 0 Å². The fourth-order valence-corrected chi connectivity index (χ4v) is 2.17. The minimum atomic E-state index is -0.256. The Morgan fingerprint density at radius 2 is 2.22 bits per heavy atom. The number of benzene rings is 1. The predicted octanol–water partition coefficient (Wildman–Crippen LogP) is 3.68. The van der Waals surface area contributed by atoms with Crippen LogP contribution in [0.3, 0.4) is 0 Å². The molecule has 2 nitrogen and oxygen atoms in total. The first-order valence-corrected chi connectivity index (χ1v) is 6.87. The number of hydrogen-bond acceptors (Lipinski definition) is 2. The number of halogens is 1. The third kappa shape index (κ3) is 3.45. The lowest BCUT2D eigenvalue weighted by atomic mass is 10.1. The first-order chi connectivity index (χ1) is 8.72. The molecular weight excluding hydrogens is 229 g/mol. The van der Waals surface area contributed by atoms with Crippen LogP contribution in [-0.4, -0.2) is 13.2 Å². The van der Waals surface area contributed by atoms with E-state index < -0.39 is 0 Å². The minimum Gasteiger partial charge on any atom is -0.490 e. The lowest BCUT2D eigenvalue weighted by Gasteiger charge is -2.18. The Bertz CT molecular complexity index is 390. The third-order valence-corrected chi connectivity index (χ3v) is 3.44. The van der Waals surface area contributed by atoms with Crippen molar-refractivity contribution in [3.8, 4) is 5.75 Å². The largest absolute Gasteiger partial charge is 0.490 e. The average Bonchev–Trinajstić information content (AvgIpc) is 3.15. The van der Waals surface area contributed by atoms with Crippen LogP contribution < -0.4 is 10.1 Å². The highest BCUT2D eigenvalue weighted by molar-refractivity contribution is 5.37. The van der Waals surface area contributed by atoms with Gasteiger partial charge in [0.1, 0.15) is 0 Å². The Balaban J connectivity index is 2.04. The van der Waals surface area contributed by atoms with Gasteiger partial charge in [-0.15, -0.1) is 0 Å². The maximum Gasteiger partial charge on any atom is 0.165 e. The molecule has 0 radical (unpaired) electrons. The van der Waals surface area contributed by atoms with Gasteiger partial charge in [0.2, 0.25) is 0 Å². The number of hydrogen-bond donors (Lipinski definition) is 1. The Morgan fingerprint density at radius 3 is 2.89 bits per heavy atom. The van der Waals surface area contributed by atoms with Crippen molar-refractivity contribution in [1.29, 1.82) is 0 Å². The van der Waals surface area contributed by atoms with Gasteiger partial charge < -0.3 is 10.1 Å². The predicted molar refractivity (Wildman–Crippen MR) is 71.3 cm³/mol. The van der Waals surface area contributed by atoms with Gasteiger partial charge in [-0.05, 0) is 31.9 Å². The summed E-state index contributed by atoms with van der Waals surface area (Å²) < 4.78 is 19.5. The summed E-state index contributed by atoms with van der Waals surface area (Å²) in [5.74, 6) is 0.978. The Labute approximate surface area is 109 Å². The molecule has 1 N–H and O–H groups in total. The SMILES string of the molecule is CCNC(C)c1cccc(F)c1OCCC1CC1. The van der Waals surface area contributed by atoms with Crippen molar-refractivity contribution in [1.82, 2.24) is 5.32 Å². The fraction of sp³-hybridized carbons (Fsp3) is 0.600. The number of nitrogens with one attached hydrogen (secondary N) is 1. The smallest absolute Gasteiger partial charge is 0.165 e. The molecule has 3 heteroatoms. The summed E-state index contributed by atoms with van der Waals surface area (Å²) in [6.45, 7) is 5.56. The molecule has 1 unspecified atom stereocenters. The normalized spacial score (nSPS) is 16.6. The van der Waals surface area contributed by atoms with Crippen molar-refractivity contribution < 1.29 is 9.13 Å². The van der Waals surface area contributed by atoms with Gasteiger partial charge in [0.25, 0.3) is 0 Å². The molecule has 0 saturated heterocycles. The molecule has 1 aliphatic carbocycles. The Kier molecular flexibility index (Phi) is 4.59. The van der Waals surface area contributed by atoms with Gasteiger partial charge in [-0.2, -0.15) is 0 Å². The van der Waals surface area contributed by atoms with E-state index in [0.717, 1.165) is 24.4 Å². The van der Waals surface area contributed by atoms with Crippen molar-refractivity contribution in [3.63, 3.8) is 0 Å². The van der Waals surface area contributed by atoms with Crippen LogP contribution in [0.4, 0.5) is 4.39 Å². The molecule has 1 saturated carbocycles. The van der Waals surface area contributed by atoms with E-state index in [4.69, 9.17) is 4.74 Å². The first kappa shape index (κ1) is 13.3. The highest BCUT2D eigenvalue weighted by Gasteiger charge is 2.21. The average molecular weight is 251 g/mol.